The molecule has 0 N–H and O–H groups in total. The zero-order valence-corrected chi connectivity index (χ0v) is 14.0. The second kappa shape index (κ2) is 6.93. The second-order valence-corrected chi connectivity index (χ2v) is 6.36. The molecule has 2 aromatic heterocycles. The molecular formula is C19H21N5O. The van der Waals surface area contributed by atoms with E-state index in [-0.39, 0.29) is 11.9 Å². The third-order valence-electron chi connectivity index (χ3n) is 4.76. The van der Waals surface area contributed by atoms with E-state index in [1.54, 1.807) is 17.1 Å². The highest BCUT2D eigenvalue weighted by Gasteiger charge is 2.35. The van der Waals surface area contributed by atoms with E-state index in [9.17, 15) is 4.79 Å². The summed E-state index contributed by atoms with van der Waals surface area (Å²) in [6, 6.07) is 13.4. The number of carbonyl (C=O) groups excluding carboxylic acids is 1. The van der Waals surface area contributed by atoms with Crippen molar-refractivity contribution in [1.82, 2.24) is 24.5 Å². The van der Waals surface area contributed by atoms with E-state index < -0.39 is 6.04 Å². The van der Waals surface area contributed by atoms with Gasteiger partial charge in [-0.05, 0) is 30.5 Å². The lowest BCUT2D eigenvalue weighted by Crippen LogP contribution is -2.42. The maximum atomic E-state index is 13.4. The molecular weight excluding hydrogens is 314 g/mol. The number of likely N-dealkylation sites (tertiary alicyclic amines) is 1. The number of carbonyl (C=O) groups is 1. The zero-order chi connectivity index (χ0) is 17.1. The molecule has 3 heterocycles. The maximum Gasteiger partial charge on any atom is 0.252 e. The average molecular weight is 335 g/mol. The Labute approximate surface area is 146 Å². The fourth-order valence-electron chi connectivity index (χ4n) is 3.57. The van der Waals surface area contributed by atoms with E-state index in [0.29, 0.717) is 0 Å². The summed E-state index contributed by atoms with van der Waals surface area (Å²) in [5.41, 5.74) is 0.959. The Bertz CT molecular complexity index is 798. The second-order valence-electron chi connectivity index (χ2n) is 6.36. The van der Waals surface area contributed by atoms with Gasteiger partial charge in [0, 0.05) is 31.3 Å². The molecule has 0 aliphatic carbocycles. The highest BCUT2D eigenvalue weighted by atomic mass is 16.2. The fraction of sp³-hybridized carbons (Fsp3) is 0.316. The summed E-state index contributed by atoms with van der Waals surface area (Å²) >= 11 is 0. The summed E-state index contributed by atoms with van der Waals surface area (Å²) in [6.07, 6.45) is 9.33. The summed E-state index contributed by atoms with van der Waals surface area (Å²) in [4.78, 5) is 15.4. The van der Waals surface area contributed by atoms with Crippen LogP contribution in [0.15, 0.2) is 67.3 Å². The van der Waals surface area contributed by atoms with E-state index in [1.165, 1.54) is 0 Å². The van der Waals surface area contributed by atoms with Gasteiger partial charge in [-0.1, -0.05) is 30.3 Å². The van der Waals surface area contributed by atoms with Gasteiger partial charge in [-0.2, -0.15) is 10.2 Å². The maximum absolute atomic E-state index is 13.4. The fourth-order valence-corrected chi connectivity index (χ4v) is 3.57. The van der Waals surface area contributed by atoms with Crippen molar-refractivity contribution in [3.63, 3.8) is 0 Å². The lowest BCUT2D eigenvalue weighted by atomic mass is 10.1. The Morgan fingerprint density at radius 2 is 1.88 bits per heavy atom. The van der Waals surface area contributed by atoms with Gasteiger partial charge in [0.1, 0.15) is 0 Å². The molecule has 3 aromatic rings. The highest BCUT2D eigenvalue weighted by molar-refractivity contribution is 5.84. The first-order valence-electron chi connectivity index (χ1n) is 8.65. The van der Waals surface area contributed by atoms with E-state index in [4.69, 9.17) is 0 Å². The predicted octanol–water partition coefficient (Wildman–Crippen LogP) is 2.36. The van der Waals surface area contributed by atoms with Crippen LogP contribution >= 0.6 is 0 Å². The molecule has 0 unspecified atom stereocenters. The van der Waals surface area contributed by atoms with E-state index in [2.05, 4.69) is 10.2 Å². The van der Waals surface area contributed by atoms with Gasteiger partial charge in [-0.3, -0.25) is 14.2 Å². The summed E-state index contributed by atoms with van der Waals surface area (Å²) in [5, 5.41) is 8.63. The number of amides is 1. The van der Waals surface area contributed by atoms with Crippen LogP contribution in [0.5, 0.6) is 0 Å². The van der Waals surface area contributed by atoms with Crippen LogP contribution in [0.1, 0.15) is 24.4 Å². The molecule has 0 saturated carbocycles. The molecule has 4 rings (SSSR count). The van der Waals surface area contributed by atoms with Crippen LogP contribution < -0.4 is 0 Å². The van der Waals surface area contributed by atoms with Crippen molar-refractivity contribution in [3.8, 4) is 0 Å². The van der Waals surface area contributed by atoms with Crippen molar-refractivity contribution < 1.29 is 4.79 Å². The highest BCUT2D eigenvalue weighted by Crippen LogP contribution is 2.26. The quantitative estimate of drug-likeness (QED) is 0.719. The van der Waals surface area contributed by atoms with Gasteiger partial charge in [-0.25, -0.2) is 0 Å². The molecule has 6 nitrogen and oxygen atoms in total. The molecule has 1 saturated heterocycles. The van der Waals surface area contributed by atoms with Gasteiger partial charge < -0.3 is 4.90 Å². The molecule has 6 heteroatoms. The Hall–Kier alpha value is -2.89. The number of aromatic nitrogens is 4. The number of benzene rings is 1. The molecule has 0 bridgehead atoms. The number of hydrogen-bond donors (Lipinski definition) is 0. The average Bonchev–Trinajstić information content (AvgIpc) is 3.39. The molecule has 128 valence electrons. The van der Waals surface area contributed by atoms with Gasteiger partial charge in [0.2, 0.25) is 0 Å². The van der Waals surface area contributed by atoms with Crippen LogP contribution in [0.25, 0.3) is 0 Å². The van der Waals surface area contributed by atoms with Crippen molar-refractivity contribution in [2.75, 3.05) is 6.54 Å². The van der Waals surface area contributed by atoms with E-state index in [1.807, 2.05) is 64.4 Å². The monoisotopic (exact) mass is 335 g/mol. The predicted molar refractivity (Wildman–Crippen MR) is 93.8 cm³/mol. The third kappa shape index (κ3) is 3.20. The van der Waals surface area contributed by atoms with Gasteiger partial charge in [0.05, 0.1) is 12.6 Å². The van der Waals surface area contributed by atoms with Crippen molar-refractivity contribution in [2.45, 2.75) is 31.5 Å². The first-order chi connectivity index (χ1) is 12.3. The summed E-state index contributed by atoms with van der Waals surface area (Å²) in [6.45, 7) is 1.52. The van der Waals surface area contributed by atoms with Crippen LogP contribution in [0.4, 0.5) is 0 Å². The lowest BCUT2D eigenvalue weighted by molar-refractivity contribution is -0.134. The molecule has 1 aliphatic rings. The van der Waals surface area contributed by atoms with Crippen molar-refractivity contribution >= 4 is 5.91 Å². The van der Waals surface area contributed by atoms with Crippen LogP contribution in [-0.2, 0) is 11.3 Å². The minimum absolute atomic E-state index is 0.101. The van der Waals surface area contributed by atoms with Gasteiger partial charge >= 0.3 is 0 Å². The van der Waals surface area contributed by atoms with Crippen LogP contribution in [0.3, 0.4) is 0 Å². The lowest BCUT2D eigenvalue weighted by Gasteiger charge is -2.29. The molecule has 25 heavy (non-hydrogen) atoms. The summed E-state index contributed by atoms with van der Waals surface area (Å²) < 4.78 is 3.66. The SMILES string of the molecule is O=C([C@@H](c1ccccc1)n1cccn1)N1CCC[C@H]1Cn1cccn1. The Balaban J connectivity index is 1.61. The molecule has 1 aromatic carbocycles. The smallest absolute Gasteiger partial charge is 0.252 e. The first-order valence-corrected chi connectivity index (χ1v) is 8.65. The van der Waals surface area contributed by atoms with E-state index >= 15 is 0 Å². The Morgan fingerprint density at radius 3 is 2.60 bits per heavy atom. The normalized spacial score (nSPS) is 18.4. The van der Waals surface area contributed by atoms with Crippen molar-refractivity contribution in [2.24, 2.45) is 0 Å². The van der Waals surface area contributed by atoms with Gasteiger partial charge in [-0.15, -0.1) is 0 Å². The molecule has 2 atom stereocenters. The third-order valence-corrected chi connectivity index (χ3v) is 4.76. The molecule has 1 amide bonds. The summed E-state index contributed by atoms with van der Waals surface area (Å²) in [5.74, 6) is 0.101. The molecule has 1 aliphatic heterocycles. The van der Waals surface area contributed by atoms with E-state index in [0.717, 1.165) is 31.5 Å². The van der Waals surface area contributed by atoms with Gasteiger partial charge in [0.15, 0.2) is 6.04 Å². The van der Waals surface area contributed by atoms with Crippen molar-refractivity contribution in [3.05, 3.63) is 72.8 Å². The molecule has 0 spiro atoms. The minimum Gasteiger partial charge on any atom is -0.336 e. The zero-order valence-electron chi connectivity index (χ0n) is 14.0. The number of nitrogens with zero attached hydrogens (tertiary/aromatic N) is 5. The Morgan fingerprint density at radius 1 is 1.08 bits per heavy atom. The summed E-state index contributed by atoms with van der Waals surface area (Å²) in [7, 11) is 0. The number of hydrogen-bond acceptors (Lipinski definition) is 3. The topological polar surface area (TPSA) is 56.0 Å². The standard InChI is InChI=1S/C19H21N5O/c25-19(23-13-4-9-17(23)15-22-12-5-10-20-22)18(24-14-6-11-21-24)16-7-2-1-3-8-16/h1-3,5-8,10-12,14,17-18H,4,9,13,15H2/t17-,18+/m0/s1. The van der Waals surface area contributed by atoms with Crippen LogP contribution in [0, 0.1) is 0 Å². The van der Waals surface area contributed by atoms with Crippen LogP contribution in [-0.4, -0.2) is 43.0 Å². The molecule has 0 radical (unpaired) electrons. The first kappa shape index (κ1) is 15.6. The number of rotatable bonds is 5. The minimum atomic E-state index is -0.422. The largest absolute Gasteiger partial charge is 0.336 e. The Kier molecular flexibility index (Phi) is 4.33. The molecule has 1 fully saturated rings. The van der Waals surface area contributed by atoms with Crippen molar-refractivity contribution in [1.29, 1.82) is 0 Å². The van der Waals surface area contributed by atoms with Crippen LogP contribution in [0.2, 0.25) is 0 Å². The van der Waals surface area contributed by atoms with Gasteiger partial charge in [0.25, 0.3) is 5.91 Å².